The van der Waals surface area contributed by atoms with Crippen molar-refractivity contribution in [2.24, 2.45) is 5.14 Å². The van der Waals surface area contributed by atoms with E-state index in [0.29, 0.717) is 18.5 Å². The number of aromatic nitrogens is 2. The topological polar surface area (TPSA) is 124 Å². The number of nitrogens with zero attached hydrogens (tertiary/aromatic N) is 2. The number of sulfonamides is 1. The quantitative estimate of drug-likeness (QED) is 0.771. The second-order valence-electron chi connectivity index (χ2n) is 4.65. The van der Waals surface area contributed by atoms with Gasteiger partial charge in [-0.25, -0.2) is 23.5 Å². The molecular weight excluding hydrogens is 320 g/mol. The van der Waals surface area contributed by atoms with Gasteiger partial charge in [-0.1, -0.05) is 12.1 Å². The molecule has 0 spiro atoms. The minimum atomic E-state index is -3.69. The van der Waals surface area contributed by atoms with Crippen LogP contribution in [0.1, 0.15) is 15.9 Å². The lowest BCUT2D eigenvalue weighted by Crippen LogP contribution is -2.26. The van der Waals surface area contributed by atoms with E-state index >= 15 is 0 Å². The Morgan fingerprint density at radius 1 is 1.22 bits per heavy atom. The van der Waals surface area contributed by atoms with Gasteiger partial charge in [0.05, 0.1) is 17.6 Å². The molecule has 0 fully saturated rings. The van der Waals surface area contributed by atoms with E-state index in [1.807, 2.05) is 0 Å². The van der Waals surface area contributed by atoms with E-state index in [1.165, 1.54) is 31.6 Å². The van der Waals surface area contributed by atoms with Crippen molar-refractivity contribution in [3.63, 3.8) is 0 Å². The number of carbonyl (C=O) groups is 1. The molecule has 1 aromatic carbocycles. The van der Waals surface area contributed by atoms with E-state index in [2.05, 4.69) is 15.3 Å². The highest BCUT2D eigenvalue weighted by Gasteiger charge is 2.08. The number of methoxy groups -OCH3 is 1. The highest BCUT2D eigenvalue weighted by Crippen LogP contribution is 2.09. The van der Waals surface area contributed by atoms with Crippen LogP contribution in [0.15, 0.2) is 41.6 Å². The molecule has 2 rings (SSSR count). The minimum absolute atomic E-state index is 0.0562. The van der Waals surface area contributed by atoms with Crippen molar-refractivity contribution >= 4 is 15.9 Å². The van der Waals surface area contributed by atoms with Gasteiger partial charge in [-0.05, 0) is 24.1 Å². The summed E-state index contributed by atoms with van der Waals surface area (Å²) in [6, 6.07) is 6.37. The number of ether oxygens (including phenoxy) is 1. The van der Waals surface area contributed by atoms with Crippen LogP contribution in [0.5, 0.6) is 6.01 Å². The molecule has 0 unspecified atom stereocenters. The summed E-state index contributed by atoms with van der Waals surface area (Å²) in [7, 11) is -2.25. The van der Waals surface area contributed by atoms with E-state index in [4.69, 9.17) is 9.88 Å². The zero-order chi connectivity index (χ0) is 16.9. The third kappa shape index (κ3) is 4.73. The lowest BCUT2D eigenvalue weighted by molar-refractivity contribution is 0.0953. The predicted molar refractivity (Wildman–Crippen MR) is 82.4 cm³/mol. The first kappa shape index (κ1) is 16.8. The molecular formula is C14H16N4O4S. The van der Waals surface area contributed by atoms with Gasteiger partial charge < -0.3 is 10.1 Å². The summed E-state index contributed by atoms with van der Waals surface area (Å²) in [5.74, 6) is -0.297. The summed E-state index contributed by atoms with van der Waals surface area (Å²) in [4.78, 5) is 19.7. The smallest absolute Gasteiger partial charge is 0.316 e. The van der Waals surface area contributed by atoms with Crippen molar-refractivity contribution in [2.45, 2.75) is 11.3 Å². The fraction of sp³-hybridized carbons (Fsp3) is 0.214. The van der Waals surface area contributed by atoms with Crippen LogP contribution < -0.4 is 15.2 Å². The summed E-state index contributed by atoms with van der Waals surface area (Å²) in [5, 5.41) is 7.75. The molecule has 9 heteroatoms. The van der Waals surface area contributed by atoms with E-state index < -0.39 is 10.0 Å². The van der Waals surface area contributed by atoms with Gasteiger partial charge in [0.15, 0.2) is 0 Å². The number of nitrogens with two attached hydrogens (primary N) is 1. The molecule has 1 amide bonds. The van der Waals surface area contributed by atoms with Crippen LogP contribution in [0.3, 0.4) is 0 Å². The fourth-order valence-electron chi connectivity index (χ4n) is 1.81. The van der Waals surface area contributed by atoms with Gasteiger partial charge in [-0.3, -0.25) is 4.79 Å². The Morgan fingerprint density at radius 3 is 2.35 bits per heavy atom. The SMILES string of the molecule is COc1ncc(C(=O)NCCc2ccc(S(N)(=O)=O)cc2)cn1. The maximum absolute atomic E-state index is 11.9. The van der Waals surface area contributed by atoms with Crippen LogP contribution >= 0.6 is 0 Å². The first-order valence-corrected chi connectivity index (χ1v) is 8.21. The summed E-state index contributed by atoms with van der Waals surface area (Å²) in [6.07, 6.45) is 3.30. The van der Waals surface area contributed by atoms with Gasteiger partial charge in [0.2, 0.25) is 10.0 Å². The molecule has 0 atom stereocenters. The van der Waals surface area contributed by atoms with Crippen molar-refractivity contribution in [1.82, 2.24) is 15.3 Å². The molecule has 0 aliphatic heterocycles. The molecule has 0 aliphatic rings. The summed E-state index contributed by atoms with van der Waals surface area (Å²) in [6.45, 7) is 0.388. The molecule has 1 aromatic heterocycles. The lowest BCUT2D eigenvalue weighted by Gasteiger charge is -2.06. The van der Waals surface area contributed by atoms with Gasteiger partial charge in [-0.15, -0.1) is 0 Å². The molecule has 0 bridgehead atoms. The summed E-state index contributed by atoms with van der Waals surface area (Å²) < 4.78 is 27.1. The highest BCUT2D eigenvalue weighted by molar-refractivity contribution is 7.89. The van der Waals surface area contributed by atoms with E-state index in [9.17, 15) is 13.2 Å². The Kier molecular flexibility index (Phi) is 5.24. The van der Waals surface area contributed by atoms with Gasteiger partial charge in [0, 0.05) is 18.9 Å². The normalized spacial score (nSPS) is 11.0. The monoisotopic (exact) mass is 336 g/mol. The van der Waals surface area contributed by atoms with Crippen molar-refractivity contribution in [3.8, 4) is 6.01 Å². The first-order chi connectivity index (χ1) is 10.9. The molecule has 1 heterocycles. The zero-order valence-electron chi connectivity index (χ0n) is 12.4. The number of primary sulfonamides is 1. The summed E-state index contributed by atoms with van der Waals surface area (Å²) >= 11 is 0. The van der Waals surface area contributed by atoms with Crippen LogP contribution in [0.2, 0.25) is 0 Å². The van der Waals surface area contributed by atoms with Crippen molar-refractivity contribution in [2.75, 3.05) is 13.7 Å². The first-order valence-electron chi connectivity index (χ1n) is 6.66. The van der Waals surface area contributed by atoms with Crippen molar-refractivity contribution < 1.29 is 17.9 Å². The molecule has 8 nitrogen and oxygen atoms in total. The molecule has 0 aliphatic carbocycles. The van der Waals surface area contributed by atoms with E-state index in [-0.39, 0.29) is 16.8 Å². The maximum atomic E-state index is 11.9. The number of benzene rings is 1. The number of carbonyl (C=O) groups excluding carboxylic acids is 1. The van der Waals surface area contributed by atoms with Gasteiger partial charge in [-0.2, -0.15) is 0 Å². The lowest BCUT2D eigenvalue weighted by atomic mass is 10.1. The summed E-state index contributed by atoms with van der Waals surface area (Å²) in [5.41, 5.74) is 1.21. The zero-order valence-corrected chi connectivity index (χ0v) is 13.2. The van der Waals surface area contributed by atoms with Crippen LogP contribution in [0, 0.1) is 0 Å². The van der Waals surface area contributed by atoms with Crippen molar-refractivity contribution in [1.29, 1.82) is 0 Å². The molecule has 0 saturated heterocycles. The number of amides is 1. The van der Waals surface area contributed by atoms with Crippen LogP contribution in [-0.2, 0) is 16.4 Å². The van der Waals surface area contributed by atoms with Crippen LogP contribution in [-0.4, -0.2) is 37.9 Å². The molecule has 23 heavy (non-hydrogen) atoms. The molecule has 3 N–H and O–H groups in total. The molecule has 122 valence electrons. The van der Waals surface area contributed by atoms with Gasteiger partial charge >= 0.3 is 6.01 Å². The average Bonchev–Trinajstić information content (AvgIpc) is 2.54. The second-order valence-corrected chi connectivity index (χ2v) is 6.21. The minimum Gasteiger partial charge on any atom is -0.467 e. The Bertz CT molecular complexity index is 773. The van der Waals surface area contributed by atoms with Crippen LogP contribution in [0.4, 0.5) is 0 Å². The Balaban J connectivity index is 1.87. The van der Waals surface area contributed by atoms with Crippen molar-refractivity contribution in [3.05, 3.63) is 47.8 Å². The Morgan fingerprint density at radius 2 is 1.83 bits per heavy atom. The van der Waals surface area contributed by atoms with E-state index in [0.717, 1.165) is 5.56 Å². The maximum Gasteiger partial charge on any atom is 0.316 e. The fourth-order valence-corrected chi connectivity index (χ4v) is 2.32. The highest BCUT2D eigenvalue weighted by atomic mass is 32.2. The third-order valence-corrected chi connectivity index (χ3v) is 3.95. The molecule has 2 aromatic rings. The standard InChI is InChI=1S/C14H16N4O4S/c1-22-14-17-8-11(9-18-14)13(19)16-7-6-10-2-4-12(5-3-10)23(15,20)21/h2-5,8-9H,6-7H2,1H3,(H,16,19)(H2,15,20,21). The van der Waals surface area contributed by atoms with Gasteiger partial charge in [0.25, 0.3) is 5.91 Å². The van der Waals surface area contributed by atoms with Crippen LogP contribution in [0.25, 0.3) is 0 Å². The Labute approximate surface area is 133 Å². The molecule has 0 radical (unpaired) electrons. The second kappa shape index (κ2) is 7.16. The number of nitrogens with one attached hydrogen (secondary N) is 1. The predicted octanol–water partition coefficient (Wildman–Crippen LogP) is 0.105. The molecule has 0 saturated carbocycles. The Hall–Kier alpha value is -2.52. The third-order valence-electron chi connectivity index (χ3n) is 3.02. The number of rotatable bonds is 6. The largest absolute Gasteiger partial charge is 0.467 e. The number of hydrogen-bond acceptors (Lipinski definition) is 6. The average molecular weight is 336 g/mol. The van der Waals surface area contributed by atoms with Gasteiger partial charge in [0.1, 0.15) is 0 Å². The number of hydrogen-bond donors (Lipinski definition) is 2. The van der Waals surface area contributed by atoms with E-state index in [1.54, 1.807) is 12.1 Å².